The van der Waals surface area contributed by atoms with Crippen LogP contribution in [-0.2, 0) is 9.59 Å². The number of hydrogen-bond donors (Lipinski definition) is 1. The molecule has 0 aliphatic rings. The van der Waals surface area contributed by atoms with E-state index >= 15 is 0 Å². The highest BCUT2D eigenvalue weighted by molar-refractivity contribution is 5.91. The topological polar surface area (TPSA) is 58.6 Å². The van der Waals surface area contributed by atoms with E-state index in [0.29, 0.717) is 19.6 Å². The monoisotopic (exact) mass is 290 g/mol. The number of amides is 2. The third kappa shape index (κ3) is 6.12. The Morgan fingerprint density at radius 1 is 1.29 bits per heavy atom. The molecular weight excluding hydrogens is 268 g/mol. The molecule has 0 aliphatic heterocycles. The molecule has 0 bridgehead atoms. The quantitative estimate of drug-likeness (QED) is 0.778. The van der Waals surface area contributed by atoms with Gasteiger partial charge in [-0.25, -0.2) is 0 Å². The van der Waals surface area contributed by atoms with Crippen LogP contribution in [0.5, 0.6) is 5.75 Å². The van der Waals surface area contributed by atoms with E-state index in [0.717, 1.165) is 11.3 Å². The summed E-state index contributed by atoms with van der Waals surface area (Å²) in [6.45, 7) is 2.96. The first-order valence-corrected chi connectivity index (χ1v) is 6.93. The highest BCUT2D eigenvalue weighted by atomic mass is 16.5. The summed E-state index contributed by atoms with van der Waals surface area (Å²) in [5.41, 5.74) is 0.923. The lowest BCUT2D eigenvalue weighted by Gasteiger charge is -2.14. The fourth-order valence-electron chi connectivity index (χ4n) is 1.64. The molecule has 114 valence electrons. The molecule has 1 N–H and O–H groups in total. The van der Waals surface area contributed by atoms with Crippen molar-refractivity contribution in [3.63, 3.8) is 0 Å². The number of nitrogens with zero attached hydrogens (tertiary/aromatic N) is 1. The van der Waals surface area contributed by atoms with Crippen molar-refractivity contribution in [2.24, 2.45) is 0 Å². The average molecular weight is 290 g/mol. The Morgan fingerprint density at radius 3 is 2.52 bits per heavy atom. The van der Waals surface area contributed by atoms with Gasteiger partial charge in [-0.1, -0.05) is 12.1 Å². The standard InChI is InChI=1S/C16H22N2O3/c1-4-21-14-8-5-13(6-9-14)7-10-16(20)18(3)12-11-15(19)17-2/h5-10H,4,11-12H2,1-3H3,(H,17,19)/b10-7+. The molecule has 5 heteroatoms. The maximum absolute atomic E-state index is 11.9. The number of likely N-dealkylation sites (N-methyl/N-ethyl adjacent to an activating group) is 1. The number of carbonyl (C=O) groups excluding carboxylic acids is 2. The maximum Gasteiger partial charge on any atom is 0.246 e. The molecule has 0 radical (unpaired) electrons. The van der Waals surface area contributed by atoms with Crippen molar-refractivity contribution in [3.05, 3.63) is 35.9 Å². The van der Waals surface area contributed by atoms with Crippen LogP contribution in [-0.4, -0.2) is 44.0 Å². The van der Waals surface area contributed by atoms with Crippen molar-refractivity contribution < 1.29 is 14.3 Å². The van der Waals surface area contributed by atoms with Crippen molar-refractivity contribution in [1.29, 1.82) is 0 Å². The van der Waals surface area contributed by atoms with Crippen LogP contribution < -0.4 is 10.1 Å². The van der Waals surface area contributed by atoms with Crippen molar-refractivity contribution in [2.75, 3.05) is 27.2 Å². The van der Waals surface area contributed by atoms with Crippen LogP contribution in [0.3, 0.4) is 0 Å². The van der Waals surface area contributed by atoms with Gasteiger partial charge in [0.2, 0.25) is 11.8 Å². The summed E-state index contributed by atoms with van der Waals surface area (Å²) < 4.78 is 5.35. The van der Waals surface area contributed by atoms with Gasteiger partial charge in [0.05, 0.1) is 6.61 Å². The van der Waals surface area contributed by atoms with Gasteiger partial charge in [-0.3, -0.25) is 9.59 Å². The Balaban J connectivity index is 2.50. The van der Waals surface area contributed by atoms with Gasteiger partial charge < -0.3 is 15.0 Å². The van der Waals surface area contributed by atoms with Crippen molar-refractivity contribution in [1.82, 2.24) is 10.2 Å². The number of ether oxygens (including phenoxy) is 1. The number of nitrogens with one attached hydrogen (secondary N) is 1. The summed E-state index contributed by atoms with van der Waals surface area (Å²) >= 11 is 0. The first-order valence-electron chi connectivity index (χ1n) is 6.93. The third-order valence-corrected chi connectivity index (χ3v) is 2.94. The Bertz CT molecular complexity index is 495. The van der Waals surface area contributed by atoms with E-state index in [9.17, 15) is 9.59 Å². The van der Waals surface area contributed by atoms with Gasteiger partial charge in [0.25, 0.3) is 0 Å². The molecule has 2 amide bonds. The zero-order valence-electron chi connectivity index (χ0n) is 12.8. The molecule has 1 aromatic carbocycles. The molecule has 21 heavy (non-hydrogen) atoms. The van der Waals surface area contributed by atoms with Crippen molar-refractivity contribution >= 4 is 17.9 Å². The summed E-state index contributed by atoms with van der Waals surface area (Å²) in [5.74, 6) is 0.599. The minimum absolute atomic E-state index is 0.0786. The van der Waals surface area contributed by atoms with E-state index in [1.807, 2.05) is 31.2 Å². The van der Waals surface area contributed by atoms with Gasteiger partial charge in [0.15, 0.2) is 0 Å². The average Bonchev–Trinajstić information content (AvgIpc) is 2.51. The van der Waals surface area contributed by atoms with Gasteiger partial charge >= 0.3 is 0 Å². The molecule has 1 rings (SSSR count). The van der Waals surface area contributed by atoms with Crippen LogP contribution in [0.2, 0.25) is 0 Å². The first kappa shape index (κ1) is 16.8. The smallest absolute Gasteiger partial charge is 0.246 e. The van der Waals surface area contributed by atoms with Gasteiger partial charge in [-0.15, -0.1) is 0 Å². The number of hydrogen-bond acceptors (Lipinski definition) is 3. The highest BCUT2D eigenvalue weighted by Gasteiger charge is 2.06. The van der Waals surface area contributed by atoms with E-state index in [1.165, 1.54) is 11.0 Å². The molecule has 0 fully saturated rings. The lowest BCUT2D eigenvalue weighted by molar-refractivity contribution is -0.126. The summed E-state index contributed by atoms with van der Waals surface area (Å²) in [6.07, 6.45) is 3.55. The first-order chi connectivity index (χ1) is 10.1. The van der Waals surface area contributed by atoms with E-state index in [2.05, 4.69) is 5.32 Å². The van der Waals surface area contributed by atoms with E-state index < -0.39 is 0 Å². The summed E-state index contributed by atoms with van der Waals surface area (Å²) in [7, 11) is 3.25. The summed E-state index contributed by atoms with van der Waals surface area (Å²) in [5, 5.41) is 2.53. The number of rotatable bonds is 7. The fraction of sp³-hybridized carbons (Fsp3) is 0.375. The van der Waals surface area contributed by atoms with Crippen LogP contribution in [0, 0.1) is 0 Å². The molecule has 0 unspecified atom stereocenters. The molecule has 0 aromatic heterocycles. The molecule has 0 atom stereocenters. The van der Waals surface area contributed by atoms with Crippen molar-refractivity contribution in [3.8, 4) is 5.75 Å². The maximum atomic E-state index is 11.9. The Hall–Kier alpha value is -2.30. The predicted molar refractivity (Wildman–Crippen MR) is 83.0 cm³/mol. The summed E-state index contributed by atoms with van der Waals surface area (Å²) in [6, 6.07) is 7.50. The zero-order valence-corrected chi connectivity index (χ0v) is 12.8. The lowest BCUT2D eigenvalue weighted by atomic mass is 10.2. The van der Waals surface area contributed by atoms with Gasteiger partial charge in [0, 0.05) is 33.1 Å². The van der Waals surface area contributed by atoms with Gasteiger partial charge in [-0.05, 0) is 30.7 Å². The van der Waals surface area contributed by atoms with Crippen LogP contribution in [0.4, 0.5) is 0 Å². The molecule has 0 aliphatic carbocycles. The van der Waals surface area contributed by atoms with Crippen LogP contribution in [0.15, 0.2) is 30.3 Å². The molecule has 0 saturated carbocycles. The molecule has 0 heterocycles. The predicted octanol–water partition coefficient (Wildman–Crippen LogP) is 1.69. The Morgan fingerprint density at radius 2 is 1.95 bits per heavy atom. The molecule has 5 nitrogen and oxygen atoms in total. The van der Waals surface area contributed by atoms with Crippen molar-refractivity contribution in [2.45, 2.75) is 13.3 Å². The van der Waals surface area contributed by atoms with E-state index in [-0.39, 0.29) is 11.8 Å². The Kier molecular flexibility index (Phi) is 7.01. The molecule has 0 saturated heterocycles. The second-order valence-electron chi connectivity index (χ2n) is 4.52. The van der Waals surface area contributed by atoms with Gasteiger partial charge in [0.1, 0.15) is 5.75 Å². The molecule has 1 aromatic rings. The SMILES string of the molecule is CCOc1ccc(/C=C/C(=O)N(C)CCC(=O)NC)cc1. The Labute approximate surface area is 125 Å². The second kappa shape index (κ2) is 8.79. The fourth-order valence-corrected chi connectivity index (χ4v) is 1.64. The number of benzene rings is 1. The lowest BCUT2D eigenvalue weighted by Crippen LogP contribution is -2.30. The molecular formula is C16H22N2O3. The normalized spacial score (nSPS) is 10.4. The van der Waals surface area contributed by atoms with Crippen LogP contribution >= 0.6 is 0 Å². The number of carbonyl (C=O) groups is 2. The van der Waals surface area contributed by atoms with E-state index in [1.54, 1.807) is 20.2 Å². The molecule has 0 spiro atoms. The van der Waals surface area contributed by atoms with Crippen LogP contribution in [0.25, 0.3) is 6.08 Å². The third-order valence-electron chi connectivity index (χ3n) is 2.94. The van der Waals surface area contributed by atoms with Gasteiger partial charge in [-0.2, -0.15) is 0 Å². The van der Waals surface area contributed by atoms with Crippen LogP contribution in [0.1, 0.15) is 18.9 Å². The summed E-state index contributed by atoms with van der Waals surface area (Å²) in [4.78, 5) is 24.5. The minimum atomic E-state index is -0.132. The van der Waals surface area contributed by atoms with E-state index in [4.69, 9.17) is 4.74 Å². The zero-order chi connectivity index (χ0) is 15.7. The largest absolute Gasteiger partial charge is 0.494 e. The highest BCUT2D eigenvalue weighted by Crippen LogP contribution is 2.13. The minimum Gasteiger partial charge on any atom is -0.494 e. The second-order valence-corrected chi connectivity index (χ2v) is 4.52.